The Hall–Kier alpha value is -2.11. The maximum Gasteiger partial charge on any atom is 0.224 e. The summed E-state index contributed by atoms with van der Waals surface area (Å²) in [6.45, 7) is 8.61. The Morgan fingerprint density at radius 1 is 1.36 bits per heavy atom. The SMILES string of the molecule is Cc1nn(C)c(C)c1CN(C)C(=O)C[C@H](C)n1ccnc1C. The van der Waals surface area contributed by atoms with E-state index in [1.807, 2.05) is 57.2 Å². The minimum atomic E-state index is 0.105. The molecule has 0 saturated carbocycles. The molecule has 120 valence electrons. The number of amides is 1. The van der Waals surface area contributed by atoms with Gasteiger partial charge in [0.15, 0.2) is 0 Å². The number of rotatable bonds is 5. The van der Waals surface area contributed by atoms with Crippen LogP contribution in [0.15, 0.2) is 12.4 Å². The zero-order valence-electron chi connectivity index (χ0n) is 14.3. The molecular weight excluding hydrogens is 278 g/mol. The molecule has 0 aliphatic rings. The van der Waals surface area contributed by atoms with Gasteiger partial charge in [0.1, 0.15) is 5.82 Å². The van der Waals surface area contributed by atoms with Crippen LogP contribution in [0.2, 0.25) is 0 Å². The first kappa shape index (κ1) is 16.3. The second kappa shape index (κ2) is 6.34. The summed E-state index contributed by atoms with van der Waals surface area (Å²) >= 11 is 0. The van der Waals surface area contributed by atoms with Crippen LogP contribution in [0.4, 0.5) is 0 Å². The second-order valence-electron chi connectivity index (χ2n) is 5.96. The van der Waals surface area contributed by atoms with Crippen molar-refractivity contribution in [1.29, 1.82) is 0 Å². The fraction of sp³-hybridized carbons (Fsp3) is 0.562. The van der Waals surface area contributed by atoms with Crippen molar-refractivity contribution in [2.45, 2.75) is 46.7 Å². The first-order valence-electron chi connectivity index (χ1n) is 7.53. The molecule has 0 aliphatic carbocycles. The maximum absolute atomic E-state index is 12.5. The molecule has 0 fully saturated rings. The topological polar surface area (TPSA) is 56.0 Å². The fourth-order valence-electron chi connectivity index (χ4n) is 2.73. The van der Waals surface area contributed by atoms with Gasteiger partial charge in [0, 0.05) is 56.8 Å². The Kier molecular flexibility index (Phi) is 4.68. The van der Waals surface area contributed by atoms with E-state index < -0.39 is 0 Å². The third kappa shape index (κ3) is 3.21. The van der Waals surface area contributed by atoms with E-state index in [9.17, 15) is 4.79 Å². The van der Waals surface area contributed by atoms with Crippen molar-refractivity contribution in [1.82, 2.24) is 24.2 Å². The molecule has 2 aromatic heterocycles. The summed E-state index contributed by atoms with van der Waals surface area (Å²) in [6, 6.07) is 0.105. The molecule has 0 unspecified atom stereocenters. The number of hydrogen-bond donors (Lipinski definition) is 0. The molecule has 0 N–H and O–H groups in total. The summed E-state index contributed by atoms with van der Waals surface area (Å²) in [5.41, 5.74) is 3.22. The van der Waals surface area contributed by atoms with Crippen molar-refractivity contribution in [3.63, 3.8) is 0 Å². The highest BCUT2D eigenvalue weighted by molar-refractivity contribution is 5.76. The molecule has 0 spiro atoms. The summed E-state index contributed by atoms with van der Waals surface area (Å²) in [5.74, 6) is 1.06. The monoisotopic (exact) mass is 303 g/mol. The average molecular weight is 303 g/mol. The van der Waals surface area contributed by atoms with Gasteiger partial charge in [-0.15, -0.1) is 0 Å². The van der Waals surface area contributed by atoms with Gasteiger partial charge in [-0.1, -0.05) is 0 Å². The van der Waals surface area contributed by atoms with Crippen molar-refractivity contribution < 1.29 is 4.79 Å². The maximum atomic E-state index is 12.5. The molecule has 0 bridgehead atoms. The van der Waals surface area contributed by atoms with Crippen molar-refractivity contribution in [3.05, 3.63) is 35.2 Å². The number of imidazole rings is 1. The lowest BCUT2D eigenvalue weighted by atomic mass is 10.1. The molecule has 2 aromatic rings. The van der Waals surface area contributed by atoms with E-state index in [0.717, 1.165) is 22.8 Å². The highest BCUT2D eigenvalue weighted by atomic mass is 16.2. The third-order valence-corrected chi connectivity index (χ3v) is 4.29. The van der Waals surface area contributed by atoms with Gasteiger partial charge in [0.05, 0.1) is 5.69 Å². The summed E-state index contributed by atoms with van der Waals surface area (Å²) in [7, 11) is 3.78. The number of hydrogen-bond acceptors (Lipinski definition) is 3. The number of aryl methyl sites for hydroxylation is 3. The highest BCUT2D eigenvalue weighted by Crippen LogP contribution is 2.17. The van der Waals surface area contributed by atoms with Crippen LogP contribution in [0.5, 0.6) is 0 Å². The molecule has 6 heteroatoms. The zero-order chi connectivity index (χ0) is 16.4. The van der Waals surface area contributed by atoms with Crippen LogP contribution in [-0.2, 0) is 18.4 Å². The first-order valence-corrected chi connectivity index (χ1v) is 7.53. The molecule has 2 heterocycles. The minimum Gasteiger partial charge on any atom is -0.341 e. The molecule has 0 aromatic carbocycles. The first-order chi connectivity index (χ1) is 10.3. The van der Waals surface area contributed by atoms with Crippen LogP contribution in [-0.4, -0.2) is 37.2 Å². The summed E-state index contributed by atoms with van der Waals surface area (Å²) in [5, 5.41) is 4.40. The standard InChI is InChI=1S/C16H25N5O/c1-11(21-8-7-17-14(21)4)9-16(22)19(5)10-15-12(2)18-20(6)13(15)3/h7-8,11H,9-10H2,1-6H3/t11-/m0/s1. The smallest absolute Gasteiger partial charge is 0.224 e. The Morgan fingerprint density at radius 2 is 2.05 bits per heavy atom. The van der Waals surface area contributed by atoms with Crippen LogP contribution in [0.3, 0.4) is 0 Å². The third-order valence-electron chi connectivity index (χ3n) is 4.29. The Labute approximate surface area is 131 Å². The molecule has 1 atom stereocenters. The largest absolute Gasteiger partial charge is 0.341 e. The Bertz CT molecular complexity index is 670. The molecule has 1 amide bonds. The quantitative estimate of drug-likeness (QED) is 0.850. The predicted octanol–water partition coefficient (Wildman–Crippen LogP) is 2.15. The molecule has 0 radical (unpaired) electrons. The van der Waals surface area contributed by atoms with Crippen molar-refractivity contribution in [2.75, 3.05) is 7.05 Å². The molecule has 2 rings (SSSR count). The van der Waals surface area contributed by atoms with E-state index in [2.05, 4.69) is 10.1 Å². The fourth-order valence-corrected chi connectivity index (χ4v) is 2.73. The molecule has 6 nitrogen and oxygen atoms in total. The number of carbonyl (C=O) groups is 1. The van der Waals surface area contributed by atoms with E-state index in [4.69, 9.17) is 0 Å². The summed E-state index contributed by atoms with van der Waals surface area (Å²) in [6.07, 6.45) is 4.15. The summed E-state index contributed by atoms with van der Waals surface area (Å²) < 4.78 is 3.90. The zero-order valence-corrected chi connectivity index (χ0v) is 14.3. The minimum absolute atomic E-state index is 0.105. The normalized spacial score (nSPS) is 12.5. The Morgan fingerprint density at radius 3 is 2.55 bits per heavy atom. The van der Waals surface area contributed by atoms with Gasteiger partial charge in [-0.2, -0.15) is 5.10 Å². The molecular formula is C16H25N5O. The highest BCUT2D eigenvalue weighted by Gasteiger charge is 2.18. The van der Waals surface area contributed by atoms with Gasteiger partial charge in [-0.3, -0.25) is 9.48 Å². The van der Waals surface area contributed by atoms with Gasteiger partial charge >= 0.3 is 0 Å². The van der Waals surface area contributed by atoms with Gasteiger partial charge in [-0.05, 0) is 27.7 Å². The number of carbonyl (C=O) groups excluding carboxylic acids is 1. The number of nitrogens with zero attached hydrogens (tertiary/aromatic N) is 5. The van der Waals surface area contributed by atoms with E-state index in [0.29, 0.717) is 13.0 Å². The van der Waals surface area contributed by atoms with Gasteiger partial charge in [-0.25, -0.2) is 4.98 Å². The van der Waals surface area contributed by atoms with E-state index >= 15 is 0 Å². The van der Waals surface area contributed by atoms with E-state index in [-0.39, 0.29) is 11.9 Å². The van der Waals surface area contributed by atoms with Crippen LogP contribution in [0.1, 0.15) is 42.2 Å². The van der Waals surface area contributed by atoms with Gasteiger partial charge in [0.2, 0.25) is 5.91 Å². The predicted molar refractivity (Wildman–Crippen MR) is 85.4 cm³/mol. The van der Waals surface area contributed by atoms with Crippen LogP contribution < -0.4 is 0 Å². The lowest BCUT2D eigenvalue weighted by Gasteiger charge is -2.21. The lowest BCUT2D eigenvalue weighted by molar-refractivity contribution is -0.131. The van der Waals surface area contributed by atoms with E-state index in [1.54, 1.807) is 11.1 Å². The van der Waals surface area contributed by atoms with Gasteiger partial charge < -0.3 is 9.47 Å². The second-order valence-corrected chi connectivity index (χ2v) is 5.96. The lowest BCUT2D eigenvalue weighted by Crippen LogP contribution is -2.28. The van der Waals surface area contributed by atoms with Crippen molar-refractivity contribution >= 4 is 5.91 Å². The van der Waals surface area contributed by atoms with Crippen LogP contribution in [0.25, 0.3) is 0 Å². The van der Waals surface area contributed by atoms with Crippen LogP contribution in [0, 0.1) is 20.8 Å². The molecule has 0 saturated heterocycles. The molecule has 22 heavy (non-hydrogen) atoms. The van der Waals surface area contributed by atoms with Crippen molar-refractivity contribution in [2.24, 2.45) is 7.05 Å². The van der Waals surface area contributed by atoms with E-state index in [1.165, 1.54) is 0 Å². The molecule has 0 aliphatic heterocycles. The summed E-state index contributed by atoms with van der Waals surface area (Å²) in [4.78, 5) is 18.4. The van der Waals surface area contributed by atoms with Crippen LogP contribution >= 0.6 is 0 Å². The Balaban J connectivity index is 2.02. The average Bonchev–Trinajstić information content (AvgIpc) is 2.97. The van der Waals surface area contributed by atoms with Gasteiger partial charge in [0.25, 0.3) is 0 Å². The van der Waals surface area contributed by atoms with Crippen molar-refractivity contribution in [3.8, 4) is 0 Å². The number of aromatic nitrogens is 4.